The Balaban J connectivity index is 2.11. The van der Waals surface area contributed by atoms with E-state index in [1.807, 2.05) is 0 Å². The van der Waals surface area contributed by atoms with Gasteiger partial charge in [0.2, 0.25) is 0 Å². The summed E-state index contributed by atoms with van der Waals surface area (Å²) in [6.07, 6.45) is 5.76. The quantitative estimate of drug-likeness (QED) is 0.544. The third-order valence-corrected chi connectivity index (χ3v) is 3.42. The van der Waals surface area contributed by atoms with Gasteiger partial charge in [-0.25, -0.2) is 0 Å². The van der Waals surface area contributed by atoms with Crippen molar-refractivity contribution in [2.45, 2.75) is 38.1 Å². The molecule has 68 valence electrons. The number of hydrogen-bond acceptors (Lipinski definition) is 2. The van der Waals surface area contributed by atoms with Crippen LogP contribution in [0.2, 0.25) is 0 Å². The molecule has 0 unspecified atom stereocenters. The van der Waals surface area contributed by atoms with E-state index in [9.17, 15) is 4.79 Å². The molecular formula is C10H17NO. The first-order chi connectivity index (χ1) is 5.79. The lowest BCUT2D eigenvalue weighted by atomic mass is 9.78. The molecule has 2 fully saturated rings. The maximum absolute atomic E-state index is 11.5. The number of likely N-dealkylation sites (tertiary alicyclic amines) is 1. The predicted molar refractivity (Wildman–Crippen MR) is 48.0 cm³/mol. The summed E-state index contributed by atoms with van der Waals surface area (Å²) in [5, 5.41) is 0. The second-order valence-corrected chi connectivity index (χ2v) is 4.16. The zero-order valence-corrected chi connectivity index (χ0v) is 7.75. The second-order valence-electron chi connectivity index (χ2n) is 4.16. The standard InChI is InChI=1S/C10H17NO/c1-11-7-6-10(12)8-4-2-3-5-9(8)11/h8-9H,2-7H2,1H3/t8-,9-/m1/s1. The third-order valence-electron chi connectivity index (χ3n) is 3.42. The van der Waals surface area contributed by atoms with Crippen LogP contribution in [0.15, 0.2) is 0 Å². The number of carbonyl (C=O) groups excluding carboxylic acids is 1. The van der Waals surface area contributed by atoms with Crippen LogP contribution in [0.5, 0.6) is 0 Å². The van der Waals surface area contributed by atoms with Gasteiger partial charge in [0.05, 0.1) is 0 Å². The first kappa shape index (κ1) is 8.24. The molecule has 2 atom stereocenters. The van der Waals surface area contributed by atoms with Crippen molar-refractivity contribution in [3.63, 3.8) is 0 Å². The van der Waals surface area contributed by atoms with E-state index >= 15 is 0 Å². The molecule has 1 aliphatic carbocycles. The summed E-state index contributed by atoms with van der Waals surface area (Å²) in [6, 6.07) is 0.583. The summed E-state index contributed by atoms with van der Waals surface area (Å²) in [5.41, 5.74) is 0. The second kappa shape index (κ2) is 3.17. The van der Waals surface area contributed by atoms with Gasteiger partial charge in [0.15, 0.2) is 0 Å². The van der Waals surface area contributed by atoms with Crippen LogP contribution in [0, 0.1) is 5.92 Å². The van der Waals surface area contributed by atoms with Crippen LogP contribution >= 0.6 is 0 Å². The van der Waals surface area contributed by atoms with Crippen molar-refractivity contribution < 1.29 is 4.79 Å². The molecule has 0 N–H and O–H groups in total. The summed E-state index contributed by atoms with van der Waals surface area (Å²) in [7, 11) is 2.16. The molecule has 0 bridgehead atoms. The minimum absolute atomic E-state index is 0.387. The molecule has 1 saturated carbocycles. The minimum Gasteiger partial charge on any atom is -0.302 e. The van der Waals surface area contributed by atoms with E-state index in [1.165, 1.54) is 19.3 Å². The van der Waals surface area contributed by atoms with E-state index in [4.69, 9.17) is 0 Å². The van der Waals surface area contributed by atoms with Crippen molar-refractivity contribution >= 4 is 5.78 Å². The van der Waals surface area contributed by atoms with Gasteiger partial charge in [-0.3, -0.25) is 4.79 Å². The van der Waals surface area contributed by atoms with Gasteiger partial charge in [0, 0.05) is 24.9 Å². The average Bonchev–Trinajstić information content (AvgIpc) is 2.12. The Morgan fingerprint density at radius 2 is 2.08 bits per heavy atom. The van der Waals surface area contributed by atoms with Gasteiger partial charge in [-0.05, 0) is 19.9 Å². The Bertz CT molecular complexity index is 190. The topological polar surface area (TPSA) is 20.3 Å². The van der Waals surface area contributed by atoms with Gasteiger partial charge in [-0.1, -0.05) is 12.8 Å². The monoisotopic (exact) mass is 167 g/mol. The highest BCUT2D eigenvalue weighted by Crippen LogP contribution is 2.32. The minimum atomic E-state index is 0.387. The Morgan fingerprint density at radius 1 is 1.33 bits per heavy atom. The molecule has 0 aromatic heterocycles. The molecule has 1 saturated heterocycles. The number of nitrogens with zero attached hydrogens (tertiary/aromatic N) is 1. The van der Waals surface area contributed by atoms with Crippen LogP contribution < -0.4 is 0 Å². The van der Waals surface area contributed by atoms with Crippen molar-refractivity contribution in [1.29, 1.82) is 0 Å². The SMILES string of the molecule is CN1CCC(=O)[C@@H]2CCCC[C@H]21. The number of rotatable bonds is 0. The molecule has 0 amide bonds. The number of ketones is 1. The van der Waals surface area contributed by atoms with Crippen LogP contribution in [0.4, 0.5) is 0 Å². The first-order valence-electron chi connectivity index (χ1n) is 5.02. The Hall–Kier alpha value is -0.370. The first-order valence-corrected chi connectivity index (χ1v) is 5.02. The van der Waals surface area contributed by atoms with Gasteiger partial charge >= 0.3 is 0 Å². The molecule has 2 nitrogen and oxygen atoms in total. The largest absolute Gasteiger partial charge is 0.302 e. The highest BCUT2D eigenvalue weighted by atomic mass is 16.1. The summed E-state index contributed by atoms with van der Waals surface area (Å²) < 4.78 is 0. The van der Waals surface area contributed by atoms with Gasteiger partial charge in [-0.2, -0.15) is 0 Å². The molecule has 2 rings (SSSR count). The summed E-state index contributed by atoms with van der Waals surface area (Å²) in [6.45, 7) is 0.986. The summed E-state index contributed by atoms with van der Waals surface area (Å²) >= 11 is 0. The van der Waals surface area contributed by atoms with Crippen LogP contribution in [-0.4, -0.2) is 30.3 Å². The number of piperidine rings is 1. The smallest absolute Gasteiger partial charge is 0.138 e. The van der Waals surface area contributed by atoms with Crippen LogP contribution in [0.3, 0.4) is 0 Å². The number of Topliss-reactive ketones (excluding diaryl/α,β-unsaturated/α-hetero) is 1. The van der Waals surface area contributed by atoms with E-state index < -0.39 is 0 Å². The van der Waals surface area contributed by atoms with Crippen molar-refractivity contribution in [2.24, 2.45) is 5.92 Å². The fourth-order valence-electron chi connectivity index (χ4n) is 2.65. The lowest BCUT2D eigenvalue weighted by Gasteiger charge is -2.41. The Labute approximate surface area is 73.9 Å². The number of carbonyl (C=O) groups is 1. The zero-order chi connectivity index (χ0) is 8.55. The average molecular weight is 167 g/mol. The van der Waals surface area contributed by atoms with Gasteiger partial charge in [0.25, 0.3) is 0 Å². The highest BCUT2D eigenvalue weighted by Gasteiger charge is 2.36. The van der Waals surface area contributed by atoms with Crippen LogP contribution in [0.1, 0.15) is 32.1 Å². The summed E-state index contributed by atoms with van der Waals surface area (Å²) in [4.78, 5) is 13.9. The Morgan fingerprint density at radius 3 is 2.83 bits per heavy atom. The molecule has 0 radical (unpaired) electrons. The molecule has 2 heteroatoms. The molecule has 2 aliphatic rings. The molecule has 0 aromatic rings. The van der Waals surface area contributed by atoms with E-state index in [-0.39, 0.29) is 0 Å². The molecule has 0 spiro atoms. The maximum Gasteiger partial charge on any atom is 0.138 e. The van der Waals surface area contributed by atoms with E-state index in [2.05, 4.69) is 11.9 Å². The summed E-state index contributed by atoms with van der Waals surface area (Å²) in [5.74, 6) is 0.912. The van der Waals surface area contributed by atoms with Crippen LogP contribution in [-0.2, 0) is 4.79 Å². The van der Waals surface area contributed by atoms with Crippen molar-refractivity contribution in [1.82, 2.24) is 4.90 Å². The Kier molecular flexibility index (Phi) is 2.18. The van der Waals surface area contributed by atoms with Crippen molar-refractivity contribution in [3.8, 4) is 0 Å². The molecule has 12 heavy (non-hydrogen) atoms. The number of fused-ring (bicyclic) bond motifs is 1. The molecule has 0 aromatic carbocycles. The van der Waals surface area contributed by atoms with E-state index in [1.54, 1.807) is 0 Å². The predicted octanol–water partition coefficient (Wildman–Crippen LogP) is 1.45. The fourth-order valence-corrected chi connectivity index (χ4v) is 2.65. The number of hydrogen-bond donors (Lipinski definition) is 0. The normalized spacial score (nSPS) is 37.9. The zero-order valence-electron chi connectivity index (χ0n) is 7.75. The molecule has 1 heterocycles. The lowest BCUT2D eigenvalue weighted by molar-refractivity contribution is -0.130. The fraction of sp³-hybridized carbons (Fsp3) is 0.900. The molecule has 1 aliphatic heterocycles. The third kappa shape index (κ3) is 1.28. The van der Waals surface area contributed by atoms with E-state index in [0.717, 1.165) is 19.4 Å². The van der Waals surface area contributed by atoms with Gasteiger partial charge < -0.3 is 4.90 Å². The lowest BCUT2D eigenvalue weighted by Crippen LogP contribution is -2.48. The molecular weight excluding hydrogens is 150 g/mol. The van der Waals surface area contributed by atoms with Gasteiger partial charge in [0.1, 0.15) is 5.78 Å². The highest BCUT2D eigenvalue weighted by molar-refractivity contribution is 5.82. The van der Waals surface area contributed by atoms with E-state index in [0.29, 0.717) is 17.7 Å². The van der Waals surface area contributed by atoms with Crippen molar-refractivity contribution in [3.05, 3.63) is 0 Å². The maximum atomic E-state index is 11.5. The van der Waals surface area contributed by atoms with Crippen molar-refractivity contribution in [2.75, 3.05) is 13.6 Å². The van der Waals surface area contributed by atoms with Crippen LogP contribution in [0.25, 0.3) is 0 Å². The van der Waals surface area contributed by atoms with Gasteiger partial charge in [-0.15, -0.1) is 0 Å².